The minimum atomic E-state index is -4.37. The van der Waals surface area contributed by atoms with E-state index in [-0.39, 0.29) is 5.95 Å². The normalized spacial score (nSPS) is 13.4. The molecule has 0 aliphatic heterocycles. The van der Waals surface area contributed by atoms with Gasteiger partial charge in [-0.15, -0.1) is 0 Å². The molecule has 4 aromatic heterocycles. The number of halogens is 3. The van der Waals surface area contributed by atoms with E-state index in [0.29, 0.717) is 16.7 Å². The molecule has 4 rings (SSSR count). The Morgan fingerprint density at radius 1 is 1.24 bits per heavy atom. The first-order valence-electron chi connectivity index (χ1n) is 7.39. The van der Waals surface area contributed by atoms with E-state index in [1.165, 1.54) is 12.5 Å². The van der Waals surface area contributed by atoms with Crippen molar-refractivity contribution in [1.82, 2.24) is 29.5 Å². The molecule has 0 spiro atoms. The maximum atomic E-state index is 12.6. The van der Waals surface area contributed by atoms with Gasteiger partial charge in [0.2, 0.25) is 5.95 Å². The molecule has 0 unspecified atom stereocenters. The van der Waals surface area contributed by atoms with Crippen LogP contribution in [-0.2, 0) is 0 Å². The third kappa shape index (κ3) is 2.75. The highest BCUT2D eigenvalue weighted by molar-refractivity contribution is 5.93. The molecule has 0 fully saturated rings. The van der Waals surface area contributed by atoms with Crippen molar-refractivity contribution >= 4 is 22.6 Å². The van der Waals surface area contributed by atoms with Gasteiger partial charge in [0.15, 0.2) is 5.65 Å². The first-order chi connectivity index (χ1) is 11.9. The number of nitrogens with one attached hydrogen (secondary N) is 2. The number of rotatable bonds is 3. The van der Waals surface area contributed by atoms with E-state index in [0.717, 1.165) is 18.1 Å². The summed E-state index contributed by atoms with van der Waals surface area (Å²) in [6.07, 6.45) is 2.12. The molecule has 0 saturated heterocycles. The Morgan fingerprint density at radius 2 is 2.08 bits per heavy atom. The molecular weight excluding hydrogens is 335 g/mol. The van der Waals surface area contributed by atoms with Crippen LogP contribution in [0.1, 0.15) is 6.92 Å². The number of hydrogen-bond acceptors (Lipinski definition) is 5. The fourth-order valence-electron chi connectivity index (χ4n) is 2.47. The highest BCUT2D eigenvalue weighted by Crippen LogP contribution is 2.28. The van der Waals surface area contributed by atoms with Crippen LogP contribution in [0.25, 0.3) is 27.8 Å². The van der Waals surface area contributed by atoms with Crippen LogP contribution >= 0.6 is 0 Å². The van der Waals surface area contributed by atoms with E-state index in [1.54, 1.807) is 10.7 Å². The van der Waals surface area contributed by atoms with Crippen molar-refractivity contribution < 1.29 is 13.2 Å². The lowest BCUT2D eigenvalue weighted by atomic mass is 10.1. The van der Waals surface area contributed by atoms with Crippen LogP contribution in [0.2, 0.25) is 0 Å². The molecule has 128 valence electrons. The number of alkyl halides is 3. The van der Waals surface area contributed by atoms with Gasteiger partial charge in [0.1, 0.15) is 18.0 Å². The van der Waals surface area contributed by atoms with Gasteiger partial charge >= 0.3 is 6.18 Å². The van der Waals surface area contributed by atoms with E-state index >= 15 is 0 Å². The molecule has 0 saturated carbocycles. The number of pyridine rings is 1. The highest BCUT2D eigenvalue weighted by Gasteiger charge is 2.36. The highest BCUT2D eigenvalue weighted by atomic mass is 19.4. The summed E-state index contributed by atoms with van der Waals surface area (Å²) < 4.78 is 39.5. The lowest BCUT2D eigenvalue weighted by molar-refractivity contribution is -0.138. The average molecular weight is 347 g/mol. The number of aromatic nitrogens is 6. The minimum Gasteiger partial charge on any atom is -0.345 e. The Morgan fingerprint density at radius 3 is 2.88 bits per heavy atom. The molecule has 2 N–H and O–H groups in total. The summed E-state index contributed by atoms with van der Waals surface area (Å²) in [4.78, 5) is 15.2. The molecule has 4 aromatic rings. The van der Waals surface area contributed by atoms with Crippen molar-refractivity contribution in [2.24, 2.45) is 0 Å². The van der Waals surface area contributed by atoms with Gasteiger partial charge in [0.25, 0.3) is 0 Å². The number of nitrogens with zero attached hydrogens (tertiary/aromatic N) is 5. The summed E-state index contributed by atoms with van der Waals surface area (Å²) in [6, 6.07) is 1.96. The smallest absolute Gasteiger partial charge is 0.345 e. The quantitative estimate of drug-likeness (QED) is 0.595. The van der Waals surface area contributed by atoms with E-state index < -0.39 is 12.2 Å². The lowest BCUT2D eigenvalue weighted by Crippen LogP contribution is -2.33. The van der Waals surface area contributed by atoms with Gasteiger partial charge in [-0.1, -0.05) is 0 Å². The van der Waals surface area contributed by atoms with Crippen LogP contribution in [-0.4, -0.2) is 41.8 Å². The predicted octanol–water partition coefficient (Wildman–Crippen LogP) is 3.03. The van der Waals surface area contributed by atoms with Crippen molar-refractivity contribution in [2.45, 2.75) is 19.1 Å². The fourth-order valence-corrected chi connectivity index (χ4v) is 2.47. The second-order valence-corrected chi connectivity index (χ2v) is 5.55. The minimum absolute atomic E-state index is 0.0857. The summed E-state index contributed by atoms with van der Waals surface area (Å²) in [6.45, 7) is 1.01. The molecule has 0 aliphatic rings. The monoisotopic (exact) mass is 347 g/mol. The van der Waals surface area contributed by atoms with E-state index in [4.69, 9.17) is 0 Å². The van der Waals surface area contributed by atoms with Gasteiger partial charge < -0.3 is 10.3 Å². The van der Waals surface area contributed by atoms with Crippen LogP contribution in [0.4, 0.5) is 19.1 Å². The first kappa shape index (κ1) is 15.4. The number of hydrogen-bond donors (Lipinski definition) is 2. The molecule has 0 bridgehead atoms. The zero-order valence-corrected chi connectivity index (χ0v) is 12.9. The third-order valence-electron chi connectivity index (χ3n) is 3.85. The maximum absolute atomic E-state index is 12.6. The van der Waals surface area contributed by atoms with E-state index in [9.17, 15) is 13.2 Å². The summed E-state index contributed by atoms with van der Waals surface area (Å²) in [5, 5.41) is 7.04. The third-order valence-corrected chi connectivity index (χ3v) is 3.85. The predicted molar refractivity (Wildman–Crippen MR) is 85.0 cm³/mol. The Bertz CT molecular complexity index is 1050. The van der Waals surface area contributed by atoms with Gasteiger partial charge in [0.05, 0.1) is 0 Å². The van der Waals surface area contributed by atoms with Gasteiger partial charge in [0, 0.05) is 35.1 Å². The zero-order valence-electron chi connectivity index (χ0n) is 12.9. The lowest BCUT2D eigenvalue weighted by Gasteiger charge is -2.16. The first-order valence-corrected chi connectivity index (χ1v) is 7.39. The summed E-state index contributed by atoms with van der Waals surface area (Å²) in [5.74, 6) is -0.0857. The Balaban J connectivity index is 1.70. The Kier molecular flexibility index (Phi) is 3.34. The number of anilines is 1. The van der Waals surface area contributed by atoms with E-state index in [1.807, 2.05) is 18.3 Å². The topological polar surface area (TPSA) is 83.8 Å². The number of fused-ring (bicyclic) bond motifs is 2. The maximum Gasteiger partial charge on any atom is 0.408 e. The molecule has 1 atom stereocenters. The number of aromatic amines is 1. The van der Waals surface area contributed by atoms with Gasteiger partial charge in [-0.3, -0.25) is 0 Å². The van der Waals surface area contributed by atoms with Crippen LogP contribution in [0.5, 0.6) is 0 Å². The van der Waals surface area contributed by atoms with Gasteiger partial charge in [-0.25, -0.2) is 14.5 Å². The van der Waals surface area contributed by atoms with Crippen molar-refractivity contribution in [3.8, 4) is 11.1 Å². The summed E-state index contributed by atoms with van der Waals surface area (Å²) in [7, 11) is 0. The Hall–Kier alpha value is -3.17. The SMILES string of the molecule is C[C@@H](Nc1ncc2c(-c3ccc4ncnn4c3)c[nH]c2n1)C(F)(F)F. The fraction of sp³-hybridized carbons (Fsp3) is 0.200. The summed E-state index contributed by atoms with van der Waals surface area (Å²) in [5.41, 5.74) is 2.84. The summed E-state index contributed by atoms with van der Waals surface area (Å²) >= 11 is 0. The molecule has 7 nitrogen and oxygen atoms in total. The van der Waals surface area contributed by atoms with Crippen molar-refractivity contribution in [2.75, 3.05) is 5.32 Å². The molecule has 0 aromatic carbocycles. The molecule has 0 radical (unpaired) electrons. The molecule has 25 heavy (non-hydrogen) atoms. The van der Waals surface area contributed by atoms with E-state index in [2.05, 4.69) is 30.4 Å². The Labute approximate surface area is 138 Å². The van der Waals surface area contributed by atoms with Crippen LogP contribution in [0.3, 0.4) is 0 Å². The largest absolute Gasteiger partial charge is 0.408 e. The van der Waals surface area contributed by atoms with Crippen molar-refractivity contribution in [3.05, 3.63) is 37.1 Å². The van der Waals surface area contributed by atoms with Gasteiger partial charge in [-0.05, 0) is 19.1 Å². The molecule has 10 heteroatoms. The molecule has 0 amide bonds. The second kappa shape index (κ2) is 5.43. The average Bonchev–Trinajstić information content (AvgIpc) is 3.19. The molecule has 4 heterocycles. The van der Waals surface area contributed by atoms with Crippen LogP contribution in [0, 0.1) is 0 Å². The van der Waals surface area contributed by atoms with Gasteiger partial charge in [-0.2, -0.15) is 23.3 Å². The number of H-pyrrole nitrogens is 1. The zero-order chi connectivity index (χ0) is 17.6. The van der Waals surface area contributed by atoms with Crippen LogP contribution in [0.15, 0.2) is 37.1 Å². The molecule has 0 aliphatic carbocycles. The van der Waals surface area contributed by atoms with Crippen molar-refractivity contribution in [1.29, 1.82) is 0 Å². The van der Waals surface area contributed by atoms with Crippen molar-refractivity contribution in [3.63, 3.8) is 0 Å². The second-order valence-electron chi connectivity index (χ2n) is 5.55. The standard InChI is InChI=1S/C15H12F3N7/c1-8(15(16,17)18)23-14-20-5-11-10(4-19-13(11)24-14)9-2-3-12-21-7-22-25(12)6-9/h2-8H,1H3,(H2,19,20,23,24)/t8-/m1/s1. The molecular formula is C15H12F3N7. The van der Waals surface area contributed by atoms with Crippen LogP contribution < -0.4 is 5.32 Å².